The third-order valence-corrected chi connectivity index (χ3v) is 4.68. The largest absolute Gasteiger partial charge is 0.335 e. The highest BCUT2D eigenvalue weighted by Gasteiger charge is 2.45. The van der Waals surface area contributed by atoms with E-state index in [0.29, 0.717) is 10.6 Å². The number of aryl methyl sites for hydroxylation is 1. The lowest BCUT2D eigenvalue weighted by atomic mass is 10.1. The van der Waals surface area contributed by atoms with Crippen molar-refractivity contribution in [1.82, 2.24) is 9.80 Å². The van der Waals surface area contributed by atoms with Crippen molar-refractivity contribution >= 4 is 29.4 Å². The number of hydrogen-bond donors (Lipinski definition) is 1. The van der Waals surface area contributed by atoms with E-state index in [1.165, 1.54) is 5.56 Å². The van der Waals surface area contributed by atoms with Gasteiger partial charge in [-0.1, -0.05) is 55.8 Å². The molecule has 0 radical (unpaired) electrons. The van der Waals surface area contributed by atoms with Gasteiger partial charge in [0.25, 0.3) is 0 Å². The van der Waals surface area contributed by atoms with E-state index in [-0.39, 0.29) is 6.54 Å². The number of rotatable bonds is 8. The Bertz CT molecular complexity index is 909. The zero-order valence-corrected chi connectivity index (χ0v) is 16.3. The van der Waals surface area contributed by atoms with Gasteiger partial charge in [-0.05, 0) is 36.1 Å². The summed E-state index contributed by atoms with van der Waals surface area (Å²) in [5.41, 5.74) is 2.47. The van der Waals surface area contributed by atoms with E-state index >= 15 is 0 Å². The van der Waals surface area contributed by atoms with Crippen molar-refractivity contribution in [3.63, 3.8) is 0 Å². The molecule has 2 aromatic carbocycles. The molecule has 1 saturated heterocycles. The van der Waals surface area contributed by atoms with Crippen LogP contribution in [0, 0.1) is 0 Å². The Morgan fingerprint density at radius 2 is 1.52 bits per heavy atom. The van der Waals surface area contributed by atoms with Crippen LogP contribution in [0.2, 0.25) is 0 Å². The monoisotopic (exact) mass is 393 g/mol. The minimum atomic E-state index is -0.990. The Kier molecular flexibility index (Phi) is 6.39. The molecule has 0 saturated carbocycles. The molecule has 5 amide bonds. The van der Waals surface area contributed by atoms with Crippen molar-refractivity contribution in [3.8, 4) is 0 Å². The van der Waals surface area contributed by atoms with Crippen LogP contribution in [0.5, 0.6) is 0 Å². The van der Waals surface area contributed by atoms with E-state index in [1.54, 1.807) is 36.4 Å². The van der Waals surface area contributed by atoms with Gasteiger partial charge in [-0.2, -0.15) is 0 Å². The summed E-state index contributed by atoms with van der Waals surface area (Å²) in [5.74, 6) is -2.45. The number of nitrogens with zero attached hydrogens (tertiary/aromatic N) is 2. The summed E-state index contributed by atoms with van der Waals surface area (Å²) in [6.45, 7) is 1.61. The first-order valence-electron chi connectivity index (χ1n) is 9.59. The molecular weight excluding hydrogens is 370 g/mol. The van der Waals surface area contributed by atoms with Gasteiger partial charge in [0.15, 0.2) is 0 Å². The summed E-state index contributed by atoms with van der Waals surface area (Å²) in [5, 5.41) is 2.66. The Hall–Kier alpha value is -3.48. The number of unbranched alkanes of at least 4 members (excludes halogenated alkanes) is 1. The molecule has 0 bridgehead atoms. The molecule has 7 nitrogen and oxygen atoms in total. The molecule has 0 unspecified atom stereocenters. The fourth-order valence-corrected chi connectivity index (χ4v) is 3.07. The van der Waals surface area contributed by atoms with Gasteiger partial charge in [0.2, 0.25) is 5.91 Å². The molecule has 0 spiro atoms. The third-order valence-electron chi connectivity index (χ3n) is 4.68. The predicted molar refractivity (Wildman–Crippen MR) is 108 cm³/mol. The minimum absolute atomic E-state index is 0.0123. The zero-order chi connectivity index (χ0) is 20.8. The van der Waals surface area contributed by atoms with Crippen molar-refractivity contribution in [2.45, 2.75) is 32.7 Å². The first-order valence-corrected chi connectivity index (χ1v) is 9.59. The molecule has 7 heteroatoms. The van der Waals surface area contributed by atoms with Gasteiger partial charge in [0, 0.05) is 5.69 Å². The van der Waals surface area contributed by atoms with Gasteiger partial charge in [0.05, 0.1) is 6.54 Å². The smallest absolute Gasteiger partial charge is 0.325 e. The fraction of sp³-hybridized carbons (Fsp3) is 0.273. The summed E-state index contributed by atoms with van der Waals surface area (Å²) in [6, 6.07) is 15.5. The number of hydrogen-bond acceptors (Lipinski definition) is 4. The van der Waals surface area contributed by atoms with E-state index in [1.807, 2.05) is 18.2 Å². The maximum absolute atomic E-state index is 12.5. The Morgan fingerprint density at radius 3 is 2.17 bits per heavy atom. The fourth-order valence-electron chi connectivity index (χ4n) is 3.07. The summed E-state index contributed by atoms with van der Waals surface area (Å²) >= 11 is 0. The Morgan fingerprint density at radius 1 is 0.862 bits per heavy atom. The van der Waals surface area contributed by atoms with E-state index in [4.69, 9.17) is 0 Å². The number of nitrogens with one attached hydrogen (secondary N) is 1. The topological polar surface area (TPSA) is 86.8 Å². The van der Waals surface area contributed by atoms with E-state index in [2.05, 4.69) is 12.2 Å². The van der Waals surface area contributed by atoms with E-state index in [0.717, 1.165) is 29.7 Å². The van der Waals surface area contributed by atoms with Gasteiger partial charge >= 0.3 is 17.8 Å². The molecule has 0 atom stereocenters. The zero-order valence-electron chi connectivity index (χ0n) is 16.3. The van der Waals surface area contributed by atoms with Gasteiger partial charge in [-0.3, -0.25) is 19.3 Å². The predicted octanol–water partition coefficient (Wildman–Crippen LogP) is 2.96. The van der Waals surface area contributed by atoms with Crippen LogP contribution >= 0.6 is 0 Å². The molecule has 1 aliphatic heterocycles. The second-order valence-corrected chi connectivity index (χ2v) is 6.90. The van der Waals surface area contributed by atoms with Crippen molar-refractivity contribution < 1.29 is 19.2 Å². The van der Waals surface area contributed by atoms with Crippen LogP contribution < -0.4 is 5.32 Å². The molecule has 1 aliphatic rings. The van der Waals surface area contributed by atoms with Crippen LogP contribution in [-0.4, -0.2) is 40.1 Å². The van der Waals surface area contributed by atoms with Crippen LogP contribution in [0.25, 0.3) is 0 Å². The SMILES string of the molecule is CCCCc1ccc(NC(=O)CN2C(=O)C(=O)N(Cc3ccccc3)C2=O)cc1. The number of urea groups is 1. The highest BCUT2D eigenvalue weighted by atomic mass is 16.2. The average molecular weight is 393 g/mol. The molecule has 150 valence electrons. The molecule has 1 N–H and O–H groups in total. The van der Waals surface area contributed by atoms with Gasteiger partial charge in [-0.25, -0.2) is 9.69 Å². The van der Waals surface area contributed by atoms with Crippen molar-refractivity contribution in [2.24, 2.45) is 0 Å². The molecule has 1 heterocycles. The normalized spacial score (nSPS) is 13.9. The first kappa shape index (κ1) is 20.3. The van der Waals surface area contributed by atoms with E-state index in [9.17, 15) is 19.2 Å². The molecule has 0 aliphatic carbocycles. The number of benzene rings is 2. The number of carbonyl (C=O) groups excluding carboxylic acids is 4. The minimum Gasteiger partial charge on any atom is -0.325 e. The first-order chi connectivity index (χ1) is 14.0. The summed E-state index contributed by atoms with van der Waals surface area (Å²) in [4.78, 5) is 50.7. The van der Waals surface area contributed by atoms with Crippen LogP contribution in [0.1, 0.15) is 30.9 Å². The number of amides is 5. The second-order valence-electron chi connectivity index (χ2n) is 6.90. The summed E-state index contributed by atoms with van der Waals surface area (Å²) < 4.78 is 0. The van der Waals surface area contributed by atoms with Gasteiger partial charge in [-0.15, -0.1) is 0 Å². The van der Waals surface area contributed by atoms with Crippen molar-refractivity contribution in [2.75, 3.05) is 11.9 Å². The lowest BCUT2D eigenvalue weighted by Crippen LogP contribution is -2.38. The van der Waals surface area contributed by atoms with Crippen LogP contribution in [0.3, 0.4) is 0 Å². The highest BCUT2D eigenvalue weighted by Crippen LogP contribution is 2.17. The summed E-state index contributed by atoms with van der Waals surface area (Å²) in [7, 11) is 0. The van der Waals surface area contributed by atoms with E-state index < -0.39 is 30.3 Å². The van der Waals surface area contributed by atoms with Crippen LogP contribution in [0.4, 0.5) is 10.5 Å². The highest BCUT2D eigenvalue weighted by molar-refractivity contribution is 6.45. The quantitative estimate of drug-likeness (QED) is 0.552. The van der Waals surface area contributed by atoms with Crippen molar-refractivity contribution in [3.05, 3.63) is 65.7 Å². The van der Waals surface area contributed by atoms with Crippen LogP contribution in [-0.2, 0) is 27.3 Å². The van der Waals surface area contributed by atoms with Gasteiger partial charge < -0.3 is 5.32 Å². The average Bonchev–Trinajstić information content (AvgIpc) is 2.92. The van der Waals surface area contributed by atoms with Crippen molar-refractivity contribution in [1.29, 1.82) is 0 Å². The molecule has 0 aromatic heterocycles. The lowest BCUT2D eigenvalue weighted by molar-refractivity contribution is -0.143. The molecule has 1 fully saturated rings. The molecule has 2 aromatic rings. The number of anilines is 1. The van der Waals surface area contributed by atoms with Crippen LogP contribution in [0.15, 0.2) is 54.6 Å². The molecular formula is C22H23N3O4. The maximum Gasteiger partial charge on any atom is 0.335 e. The lowest BCUT2D eigenvalue weighted by Gasteiger charge is -2.15. The third kappa shape index (κ3) is 4.87. The number of carbonyl (C=O) groups is 4. The Labute approximate surface area is 169 Å². The maximum atomic E-state index is 12.5. The Balaban J connectivity index is 1.60. The summed E-state index contributed by atoms with van der Waals surface area (Å²) in [6.07, 6.45) is 3.18. The molecule has 29 heavy (non-hydrogen) atoms. The number of imide groups is 2. The molecule has 3 rings (SSSR count). The second kappa shape index (κ2) is 9.14. The van der Waals surface area contributed by atoms with Gasteiger partial charge in [0.1, 0.15) is 6.54 Å². The standard InChI is InChI=1S/C22H23N3O4/c1-2-3-7-16-10-12-18(13-11-16)23-19(26)15-25-21(28)20(27)24(22(25)29)14-17-8-5-4-6-9-17/h4-6,8-13H,2-3,7,14-15H2,1H3,(H,23,26).